The van der Waals surface area contributed by atoms with E-state index in [1.165, 1.54) is 5.56 Å². The van der Waals surface area contributed by atoms with Crippen molar-refractivity contribution in [3.63, 3.8) is 0 Å². The fourth-order valence-corrected chi connectivity index (χ4v) is 1.98. The Morgan fingerprint density at radius 1 is 1.38 bits per heavy atom. The second-order valence-electron chi connectivity index (χ2n) is 5.53. The first-order valence-corrected chi connectivity index (χ1v) is 6.99. The molecule has 21 heavy (non-hydrogen) atoms. The molecule has 1 aromatic carbocycles. The molecule has 0 saturated carbocycles. The Bertz CT molecular complexity index is 632. The van der Waals surface area contributed by atoms with E-state index in [1.54, 1.807) is 20.8 Å². The summed E-state index contributed by atoms with van der Waals surface area (Å²) in [5, 5.41) is 3.96. The Balaban J connectivity index is 2.16. The monoisotopic (exact) mass is 288 g/mol. The van der Waals surface area contributed by atoms with Crippen LogP contribution in [0.2, 0.25) is 0 Å². The van der Waals surface area contributed by atoms with Gasteiger partial charge in [-0.3, -0.25) is 4.79 Å². The van der Waals surface area contributed by atoms with Crippen molar-refractivity contribution in [2.24, 2.45) is 0 Å². The van der Waals surface area contributed by atoms with E-state index in [4.69, 9.17) is 9.26 Å². The van der Waals surface area contributed by atoms with Crippen LogP contribution in [-0.4, -0.2) is 22.7 Å². The Kier molecular flexibility index (Phi) is 4.40. The van der Waals surface area contributed by atoms with Crippen LogP contribution in [-0.2, 0) is 21.4 Å². The number of nitrogens with zero attached hydrogens (tertiary/aromatic N) is 2. The molecule has 0 aliphatic carbocycles. The molecule has 112 valence electrons. The lowest BCUT2D eigenvalue weighted by atomic mass is 9.94. The minimum absolute atomic E-state index is 0.281. The van der Waals surface area contributed by atoms with E-state index in [2.05, 4.69) is 16.2 Å². The van der Waals surface area contributed by atoms with Crippen LogP contribution in [0.4, 0.5) is 0 Å². The lowest BCUT2D eigenvalue weighted by Crippen LogP contribution is -2.31. The van der Waals surface area contributed by atoms with Gasteiger partial charge in [0.25, 0.3) is 0 Å². The van der Waals surface area contributed by atoms with Crippen LogP contribution in [0.3, 0.4) is 0 Å². The zero-order valence-corrected chi connectivity index (χ0v) is 12.8. The summed E-state index contributed by atoms with van der Waals surface area (Å²) in [6.07, 6.45) is 0.573. The van der Waals surface area contributed by atoms with Crippen LogP contribution in [0.1, 0.15) is 43.6 Å². The van der Waals surface area contributed by atoms with Gasteiger partial charge in [-0.1, -0.05) is 35.0 Å². The minimum atomic E-state index is -0.937. The molecule has 0 aliphatic heterocycles. The maximum absolute atomic E-state index is 11.9. The van der Waals surface area contributed by atoms with Gasteiger partial charge in [0.05, 0.1) is 6.61 Å². The first-order chi connectivity index (χ1) is 9.93. The molecule has 0 atom stereocenters. The van der Waals surface area contributed by atoms with Crippen LogP contribution in [0.5, 0.6) is 0 Å². The molecule has 0 saturated heterocycles. The van der Waals surface area contributed by atoms with E-state index in [9.17, 15) is 4.79 Å². The van der Waals surface area contributed by atoms with Gasteiger partial charge < -0.3 is 9.26 Å². The SMILES string of the molecule is CCOC(=O)C(C)(C)c1nc(Cc2cccc(C)c2)no1. The third-order valence-corrected chi connectivity index (χ3v) is 3.23. The third kappa shape index (κ3) is 3.48. The van der Waals surface area contributed by atoms with Crippen molar-refractivity contribution in [1.82, 2.24) is 10.1 Å². The third-order valence-electron chi connectivity index (χ3n) is 3.23. The summed E-state index contributed by atoms with van der Waals surface area (Å²) in [4.78, 5) is 16.3. The quantitative estimate of drug-likeness (QED) is 0.791. The van der Waals surface area contributed by atoms with Crippen molar-refractivity contribution in [1.29, 1.82) is 0 Å². The van der Waals surface area contributed by atoms with Crippen LogP contribution in [0.25, 0.3) is 0 Å². The highest BCUT2D eigenvalue weighted by atomic mass is 16.5. The number of hydrogen-bond donors (Lipinski definition) is 0. The number of rotatable bonds is 5. The standard InChI is InChI=1S/C16H20N2O3/c1-5-20-15(19)16(3,4)14-17-13(18-21-14)10-12-8-6-7-11(2)9-12/h6-9H,5,10H2,1-4H3. The van der Waals surface area contributed by atoms with Crippen LogP contribution >= 0.6 is 0 Å². The molecule has 1 heterocycles. The highest BCUT2D eigenvalue weighted by Crippen LogP contribution is 2.23. The van der Waals surface area contributed by atoms with Gasteiger partial charge in [-0.2, -0.15) is 4.98 Å². The van der Waals surface area contributed by atoms with Crippen molar-refractivity contribution >= 4 is 5.97 Å². The fraction of sp³-hybridized carbons (Fsp3) is 0.438. The van der Waals surface area contributed by atoms with Crippen LogP contribution in [0, 0.1) is 6.92 Å². The molecule has 2 rings (SSSR count). The number of aryl methyl sites for hydroxylation is 1. The van der Waals surface area contributed by atoms with Crippen molar-refractivity contribution in [3.8, 4) is 0 Å². The van der Waals surface area contributed by atoms with Crippen molar-refractivity contribution in [2.45, 2.75) is 39.5 Å². The van der Waals surface area contributed by atoms with E-state index in [0.29, 0.717) is 18.9 Å². The molecular weight excluding hydrogens is 268 g/mol. The van der Waals surface area contributed by atoms with E-state index in [0.717, 1.165) is 5.56 Å². The van der Waals surface area contributed by atoms with Crippen molar-refractivity contribution < 1.29 is 14.1 Å². The molecule has 1 aromatic heterocycles. The maximum Gasteiger partial charge on any atom is 0.321 e. The number of hydrogen-bond acceptors (Lipinski definition) is 5. The summed E-state index contributed by atoms with van der Waals surface area (Å²) < 4.78 is 10.3. The lowest BCUT2D eigenvalue weighted by Gasteiger charge is -2.16. The van der Waals surface area contributed by atoms with Crippen LogP contribution < -0.4 is 0 Å². The predicted molar refractivity (Wildman–Crippen MR) is 77.9 cm³/mol. The summed E-state index contributed by atoms with van der Waals surface area (Å²) in [7, 11) is 0. The molecule has 2 aromatic rings. The Morgan fingerprint density at radius 2 is 2.14 bits per heavy atom. The summed E-state index contributed by atoms with van der Waals surface area (Å²) >= 11 is 0. The second kappa shape index (κ2) is 6.08. The molecule has 0 fully saturated rings. The Labute approximate surface area is 124 Å². The molecule has 0 spiro atoms. The van der Waals surface area contributed by atoms with E-state index in [1.807, 2.05) is 25.1 Å². The molecule has 0 aliphatic rings. The normalized spacial score (nSPS) is 11.4. The molecule has 0 radical (unpaired) electrons. The minimum Gasteiger partial charge on any atom is -0.465 e. The molecule has 0 bridgehead atoms. The van der Waals surface area contributed by atoms with E-state index < -0.39 is 5.41 Å². The summed E-state index contributed by atoms with van der Waals surface area (Å²) in [6, 6.07) is 8.12. The van der Waals surface area contributed by atoms with Gasteiger partial charge in [0, 0.05) is 6.42 Å². The zero-order valence-electron chi connectivity index (χ0n) is 12.8. The number of carbonyl (C=O) groups excluding carboxylic acids is 1. The molecule has 0 unspecified atom stereocenters. The Morgan fingerprint density at radius 3 is 2.81 bits per heavy atom. The topological polar surface area (TPSA) is 65.2 Å². The maximum atomic E-state index is 11.9. The van der Waals surface area contributed by atoms with Gasteiger partial charge in [0.2, 0.25) is 5.89 Å². The second-order valence-corrected chi connectivity index (χ2v) is 5.53. The van der Waals surface area contributed by atoms with Gasteiger partial charge in [0.15, 0.2) is 5.82 Å². The molecular formula is C16H20N2O3. The van der Waals surface area contributed by atoms with Gasteiger partial charge in [0.1, 0.15) is 5.41 Å². The van der Waals surface area contributed by atoms with Gasteiger partial charge in [-0.05, 0) is 33.3 Å². The van der Waals surface area contributed by atoms with Crippen LogP contribution in [0.15, 0.2) is 28.8 Å². The first-order valence-electron chi connectivity index (χ1n) is 6.99. The highest BCUT2D eigenvalue weighted by Gasteiger charge is 2.37. The Hall–Kier alpha value is -2.17. The van der Waals surface area contributed by atoms with Crippen molar-refractivity contribution in [2.75, 3.05) is 6.61 Å². The first kappa shape index (κ1) is 15.2. The average molecular weight is 288 g/mol. The summed E-state index contributed by atoms with van der Waals surface area (Å²) in [6.45, 7) is 7.57. The number of ether oxygens (including phenoxy) is 1. The molecule has 0 N–H and O–H groups in total. The number of esters is 1. The van der Waals surface area contributed by atoms with Gasteiger partial charge >= 0.3 is 5.97 Å². The van der Waals surface area contributed by atoms with Gasteiger partial charge in [-0.15, -0.1) is 0 Å². The zero-order chi connectivity index (χ0) is 15.5. The van der Waals surface area contributed by atoms with E-state index >= 15 is 0 Å². The summed E-state index contributed by atoms with van der Waals surface area (Å²) in [5.74, 6) is 0.479. The smallest absolute Gasteiger partial charge is 0.321 e. The lowest BCUT2D eigenvalue weighted by molar-refractivity contribution is -0.149. The summed E-state index contributed by atoms with van der Waals surface area (Å²) in [5.41, 5.74) is 1.35. The average Bonchev–Trinajstić information content (AvgIpc) is 2.88. The van der Waals surface area contributed by atoms with Crippen molar-refractivity contribution in [3.05, 3.63) is 47.1 Å². The predicted octanol–water partition coefficient (Wildman–Crippen LogP) is 2.81. The van der Waals surface area contributed by atoms with E-state index in [-0.39, 0.29) is 11.9 Å². The molecule has 0 amide bonds. The highest BCUT2D eigenvalue weighted by molar-refractivity contribution is 5.80. The molecule has 5 nitrogen and oxygen atoms in total. The number of carbonyl (C=O) groups is 1. The number of aromatic nitrogens is 2. The largest absolute Gasteiger partial charge is 0.465 e. The van der Waals surface area contributed by atoms with Gasteiger partial charge in [-0.25, -0.2) is 0 Å². The molecule has 5 heteroatoms. The number of benzene rings is 1. The fourth-order valence-electron chi connectivity index (χ4n) is 1.98.